The van der Waals surface area contributed by atoms with Crippen molar-refractivity contribution in [3.05, 3.63) is 58.6 Å². The predicted molar refractivity (Wildman–Crippen MR) is 110 cm³/mol. The molecule has 4 atom stereocenters. The van der Waals surface area contributed by atoms with E-state index in [0.29, 0.717) is 11.8 Å². The molecule has 0 radical (unpaired) electrons. The summed E-state index contributed by atoms with van der Waals surface area (Å²) < 4.78 is 5.02. The van der Waals surface area contributed by atoms with Gasteiger partial charge in [0.25, 0.3) is 0 Å². The van der Waals surface area contributed by atoms with Gasteiger partial charge < -0.3 is 0 Å². The van der Waals surface area contributed by atoms with Crippen LogP contribution < -0.4 is 0 Å². The molecule has 0 heterocycles. The molecule has 0 spiro atoms. The molecule has 0 saturated carbocycles. The predicted octanol–water partition coefficient (Wildman–Crippen LogP) is 6.39. The molecule has 2 heteroatoms. The average molecular weight is 344 g/mol. The van der Waals surface area contributed by atoms with Crippen LogP contribution >= 0.6 is 0 Å². The van der Waals surface area contributed by atoms with E-state index in [4.69, 9.17) is 4.36 Å². The Balaban J connectivity index is 2.09. The zero-order valence-corrected chi connectivity index (χ0v) is 16.8. The second-order valence-corrected chi connectivity index (χ2v) is 8.83. The quantitative estimate of drug-likeness (QED) is 0.405. The van der Waals surface area contributed by atoms with Crippen LogP contribution in [0.1, 0.15) is 47.0 Å². The molecule has 2 rings (SSSR count). The van der Waals surface area contributed by atoms with E-state index in [1.807, 2.05) is 0 Å². The Morgan fingerprint density at radius 1 is 1.33 bits per heavy atom. The minimum Gasteiger partial charge on any atom is -0.260 e. The lowest BCUT2D eigenvalue weighted by molar-refractivity contribution is 0.396. The van der Waals surface area contributed by atoms with Crippen LogP contribution in [0.25, 0.3) is 0 Å². The Morgan fingerprint density at radius 3 is 2.79 bits per heavy atom. The molecule has 0 amide bonds. The topological polar surface area (TPSA) is 12.4 Å². The molecule has 0 aromatic carbocycles. The lowest BCUT2D eigenvalue weighted by atomic mass is 9.86. The SMILES string of the molecule is C/C=C(\C=C(/C)C1=CC=CCC1C)S(/C)=N/CC1C=CCCC1C. The van der Waals surface area contributed by atoms with Gasteiger partial charge >= 0.3 is 0 Å². The van der Waals surface area contributed by atoms with Crippen molar-refractivity contribution < 1.29 is 0 Å². The van der Waals surface area contributed by atoms with Gasteiger partial charge in [0.05, 0.1) is 6.54 Å². The second kappa shape index (κ2) is 9.36. The summed E-state index contributed by atoms with van der Waals surface area (Å²) >= 11 is 0. The highest BCUT2D eigenvalue weighted by Crippen LogP contribution is 2.28. The monoisotopic (exact) mass is 343 g/mol. The van der Waals surface area contributed by atoms with Crippen LogP contribution in [0.4, 0.5) is 0 Å². The van der Waals surface area contributed by atoms with Gasteiger partial charge in [-0.3, -0.25) is 4.36 Å². The normalized spacial score (nSPS) is 29.7. The van der Waals surface area contributed by atoms with E-state index in [2.05, 4.69) is 76.5 Å². The van der Waals surface area contributed by atoms with Crippen LogP contribution in [-0.2, 0) is 10.7 Å². The van der Waals surface area contributed by atoms with Gasteiger partial charge in [-0.1, -0.05) is 61.0 Å². The summed E-state index contributed by atoms with van der Waals surface area (Å²) in [5.41, 5.74) is 2.86. The minimum absolute atomic E-state index is 0.0301. The molecule has 0 saturated heterocycles. The van der Waals surface area contributed by atoms with E-state index in [-0.39, 0.29) is 10.7 Å². The zero-order chi connectivity index (χ0) is 17.5. The molecule has 0 aromatic rings. The van der Waals surface area contributed by atoms with E-state index in [0.717, 1.165) is 18.9 Å². The first-order valence-electron chi connectivity index (χ1n) is 9.24. The molecule has 4 unspecified atom stereocenters. The fourth-order valence-electron chi connectivity index (χ4n) is 3.45. The summed E-state index contributed by atoms with van der Waals surface area (Å²) in [5.74, 6) is 2.01. The molecular formula is C22H33NS. The first kappa shape index (κ1) is 19.2. The Labute approximate surface area is 151 Å². The first-order valence-corrected chi connectivity index (χ1v) is 10.8. The number of nitrogens with zero attached hydrogens (tertiary/aromatic N) is 1. The van der Waals surface area contributed by atoms with Gasteiger partial charge in [-0.2, -0.15) is 0 Å². The Bertz CT molecular complexity index is 616. The lowest BCUT2D eigenvalue weighted by Gasteiger charge is -2.22. The van der Waals surface area contributed by atoms with Crippen molar-refractivity contribution in [2.24, 2.45) is 22.1 Å². The van der Waals surface area contributed by atoms with Crippen LogP contribution in [0.5, 0.6) is 0 Å². The van der Waals surface area contributed by atoms with Gasteiger partial charge in [0.2, 0.25) is 0 Å². The van der Waals surface area contributed by atoms with Gasteiger partial charge in [0, 0.05) is 4.91 Å². The Morgan fingerprint density at radius 2 is 2.12 bits per heavy atom. The molecule has 2 aliphatic carbocycles. The Kier molecular flexibility index (Phi) is 7.48. The van der Waals surface area contributed by atoms with E-state index >= 15 is 0 Å². The number of rotatable bonds is 5. The average Bonchev–Trinajstić information content (AvgIpc) is 2.59. The van der Waals surface area contributed by atoms with Crippen molar-refractivity contribution in [1.82, 2.24) is 0 Å². The minimum atomic E-state index is -0.0301. The molecule has 0 bridgehead atoms. The van der Waals surface area contributed by atoms with Crippen molar-refractivity contribution in [2.45, 2.75) is 47.0 Å². The van der Waals surface area contributed by atoms with Crippen LogP contribution in [0, 0.1) is 17.8 Å². The maximum atomic E-state index is 5.02. The van der Waals surface area contributed by atoms with Gasteiger partial charge in [-0.05, 0) is 74.3 Å². The standard InChI is InChI=1S/C22H33NS/c1-6-21(15-19(4)22-14-10-8-12-18(22)3)24(5)23-16-20-13-9-7-11-17(20)2/h6,8-10,13-15,17-18,20H,7,11-12,16H2,1-5H3/b19-15+,21-6+. The summed E-state index contributed by atoms with van der Waals surface area (Å²) in [5, 5.41) is 0. The molecule has 0 fully saturated rings. The van der Waals surface area contributed by atoms with E-state index < -0.39 is 0 Å². The van der Waals surface area contributed by atoms with Gasteiger partial charge in [-0.15, -0.1) is 0 Å². The zero-order valence-electron chi connectivity index (χ0n) is 16.0. The van der Waals surface area contributed by atoms with Crippen molar-refractivity contribution in [1.29, 1.82) is 0 Å². The fraction of sp³-hybridized carbons (Fsp3) is 0.545. The Hall–Kier alpha value is -1.15. The summed E-state index contributed by atoms with van der Waals surface area (Å²) in [6.45, 7) is 10.0. The highest BCUT2D eigenvalue weighted by Gasteiger charge is 2.17. The van der Waals surface area contributed by atoms with Crippen molar-refractivity contribution in [3.8, 4) is 0 Å². The number of allylic oxidation sites excluding steroid dienone is 8. The van der Waals surface area contributed by atoms with E-state index in [1.54, 1.807) is 0 Å². The van der Waals surface area contributed by atoms with Gasteiger partial charge in [0.1, 0.15) is 0 Å². The van der Waals surface area contributed by atoms with Crippen LogP contribution in [0.15, 0.2) is 62.9 Å². The van der Waals surface area contributed by atoms with Crippen LogP contribution in [-0.4, -0.2) is 12.8 Å². The van der Waals surface area contributed by atoms with Crippen LogP contribution in [0.2, 0.25) is 0 Å². The maximum Gasteiger partial charge on any atom is 0.0527 e. The number of hydrogen-bond donors (Lipinski definition) is 0. The highest BCUT2D eigenvalue weighted by atomic mass is 32.2. The summed E-state index contributed by atoms with van der Waals surface area (Å²) in [6.07, 6.45) is 22.0. The molecule has 24 heavy (non-hydrogen) atoms. The molecule has 0 aromatic heterocycles. The van der Waals surface area contributed by atoms with Gasteiger partial charge in [-0.25, -0.2) is 0 Å². The highest BCUT2D eigenvalue weighted by molar-refractivity contribution is 7.90. The number of hydrogen-bond acceptors (Lipinski definition) is 1. The lowest BCUT2D eigenvalue weighted by Crippen LogP contribution is -2.15. The van der Waals surface area contributed by atoms with Crippen molar-refractivity contribution in [2.75, 3.05) is 12.8 Å². The smallest absolute Gasteiger partial charge is 0.0527 e. The molecule has 2 aliphatic rings. The maximum absolute atomic E-state index is 5.02. The molecule has 132 valence electrons. The van der Waals surface area contributed by atoms with E-state index in [9.17, 15) is 0 Å². The van der Waals surface area contributed by atoms with Crippen molar-refractivity contribution >= 4 is 10.7 Å². The summed E-state index contributed by atoms with van der Waals surface area (Å²) in [4.78, 5) is 1.36. The molecule has 1 nitrogen and oxygen atoms in total. The third kappa shape index (κ3) is 5.17. The third-order valence-corrected chi connectivity index (χ3v) is 6.83. The third-order valence-electron chi connectivity index (χ3n) is 5.25. The van der Waals surface area contributed by atoms with Crippen LogP contribution in [0.3, 0.4) is 0 Å². The fourth-order valence-corrected chi connectivity index (χ4v) is 4.68. The molecule has 0 N–H and O–H groups in total. The van der Waals surface area contributed by atoms with Crippen molar-refractivity contribution in [3.63, 3.8) is 0 Å². The summed E-state index contributed by atoms with van der Waals surface area (Å²) in [6, 6.07) is 0. The molecular weight excluding hydrogens is 310 g/mol. The van der Waals surface area contributed by atoms with Gasteiger partial charge in [0.15, 0.2) is 0 Å². The molecule has 0 aliphatic heterocycles. The summed E-state index contributed by atoms with van der Waals surface area (Å²) in [7, 11) is -0.0301. The largest absolute Gasteiger partial charge is 0.260 e. The first-order chi connectivity index (χ1) is 11.5. The van der Waals surface area contributed by atoms with E-state index in [1.165, 1.54) is 28.9 Å². The second-order valence-electron chi connectivity index (χ2n) is 7.14.